The van der Waals surface area contributed by atoms with Crippen LogP contribution in [0.5, 0.6) is 0 Å². The number of benzene rings is 1. The molecule has 1 aromatic carbocycles. The highest BCUT2D eigenvalue weighted by Gasteiger charge is 2.59. The lowest BCUT2D eigenvalue weighted by Crippen LogP contribution is -2.51. The largest absolute Gasteiger partial charge is 0.458 e. The van der Waals surface area contributed by atoms with E-state index in [0.29, 0.717) is 16.0 Å². The monoisotopic (exact) mass is 524 g/mol. The van der Waals surface area contributed by atoms with Gasteiger partial charge in [0.2, 0.25) is 0 Å². The number of halogens is 1. The van der Waals surface area contributed by atoms with Crippen molar-refractivity contribution < 1.29 is 9.53 Å². The molecule has 0 aromatic heterocycles. The van der Waals surface area contributed by atoms with E-state index in [1.165, 1.54) is 51.4 Å². The van der Waals surface area contributed by atoms with Crippen LogP contribution in [0.15, 0.2) is 35.9 Å². The van der Waals surface area contributed by atoms with Crippen molar-refractivity contribution in [3.63, 3.8) is 0 Å². The maximum absolute atomic E-state index is 12.8. The van der Waals surface area contributed by atoms with E-state index in [1.807, 2.05) is 0 Å². The zero-order chi connectivity index (χ0) is 26.4. The van der Waals surface area contributed by atoms with Gasteiger partial charge in [-0.05, 0) is 116 Å². The highest BCUT2D eigenvalue weighted by molar-refractivity contribution is 6.30. The van der Waals surface area contributed by atoms with Gasteiger partial charge in [-0.1, -0.05) is 77.1 Å². The first-order valence-corrected chi connectivity index (χ1v) is 15.7. The molecule has 0 aliphatic heterocycles. The maximum Gasteiger partial charge on any atom is 0.338 e. The summed E-state index contributed by atoms with van der Waals surface area (Å²) < 4.78 is 6.00. The van der Waals surface area contributed by atoms with Crippen LogP contribution in [-0.2, 0) is 4.74 Å². The lowest BCUT2D eigenvalue weighted by atomic mass is 9.47. The van der Waals surface area contributed by atoms with Crippen LogP contribution in [0.1, 0.15) is 116 Å². The number of esters is 1. The first kappa shape index (κ1) is 27.3. The number of fused-ring (bicyclic) bond motifs is 5. The highest BCUT2D eigenvalue weighted by Crippen LogP contribution is 2.67. The van der Waals surface area contributed by atoms with Crippen molar-refractivity contribution in [3.05, 3.63) is 46.5 Å². The summed E-state index contributed by atoms with van der Waals surface area (Å²) in [7, 11) is 0. The van der Waals surface area contributed by atoms with Gasteiger partial charge in [0.15, 0.2) is 0 Å². The van der Waals surface area contributed by atoms with Gasteiger partial charge in [-0.3, -0.25) is 0 Å². The van der Waals surface area contributed by atoms with Gasteiger partial charge in [0.1, 0.15) is 6.10 Å². The smallest absolute Gasteiger partial charge is 0.338 e. The maximum atomic E-state index is 12.8. The van der Waals surface area contributed by atoms with Gasteiger partial charge in [-0.2, -0.15) is 0 Å². The van der Waals surface area contributed by atoms with Crippen LogP contribution in [0.3, 0.4) is 0 Å². The molecule has 0 bridgehead atoms. The minimum Gasteiger partial charge on any atom is -0.458 e. The average Bonchev–Trinajstić information content (AvgIpc) is 3.21. The van der Waals surface area contributed by atoms with Crippen molar-refractivity contribution in [1.29, 1.82) is 0 Å². The molecule has 5 rings (SSSR count). The fraction of sp³-hybridized carbons (Fsp3) is 0.735. The summed E-state index contributed by atoms with van der Waals surface area (Å²) in [5.41, 5.74) is 2.99. The van der Waals surface area contributed by atoms with Crippen LogP contribution in [0, 0.1) is 46.3 Å². The summed E-state index contributed by atoms with van der Waals surface area (Å²) in [6.45, 7) is 12.5. The topological polar surface area (TPSA) is 26.3 Å². The minimum atomic E-state index is -0.215. The molecule has 8 atom stereocenters. The lowest BCUT2D eigenvalue weighted by Gasteiger charge is -2.58. The molecule has 1 aromatic rings. The second-order valence-corrected chi connectivity index (χ2v) is 14.5. The number of hydrogen-bond acceptors (Lipinski definition) is 2. The summed E-state index contributed by atoms with van der Waals surface area (Å²) >= 11 is 5.99. The molecule has 0 amide bonds. The van der Waals surface area contributed by atoms with Gasteiger partial charge in [0, 0.05) is 11.4 Å². The second kappa shape index (κ2) is 10.7. The van der Waals surface area contributed by atoms with Gasteiger partial charge < -0.3 is 4.74 Å². The Kier molecular flexibility index (Phi) is 7.90. The van der Waals surface area contributed by atoms with Crippen molar-refractivity contribution >= 4 is 17.6 Å². The molecule has 37 heavy (non-hydrogen) atoms. The van der Waals surface area contributed by atoms with Gasteiger partial charge in [-0.25, -0.2) is 4.79 Å². The molecule has 3 fully saturated rings. The molecule has 0 N–H and O–H groups in total. The Morgan fingerprint density at radius 1 is 1.00 bits per heavy atom. The Morgan fingerprint density at radius 2 is 1.76 bits per heavy atom. The average molecular weight is 525 g/mol. The number of ether oxygens (including phenoxy) is 1. The molecule has 0 radical (unpaired) electrons. The molecule has 3 heteroatoms. The van der Waals surface area contributed by atoms with E-state index in [4.69, 9.17) is 16.3 Å². The third-order valence-electron chi connectivity index (χ3n) is 11.6. The summed E-state index contributed by atoms with van der Waals surface area (Å²) in [6.07, 6.45) is 16.7. The van der Waals surface area contributed by atoms with Gasteiger partial charge in [0.25, 0.3) is 0 Å². The van der Waals surface area contributed by atoms with Crippen LogP contribution in [0.25, 0.3) is 0 Å². The number of carbonyl (C=O) groups excluding carboxylic acids is 1. The Bertz CT molecular complexity index is 996. The van der Waals surface area contributed by atoms with E-state index < -0.39 is 0 Å². The Morgan fingerprint density at radius 3 is 2.49 bits per heavy atom. The van der Waals surface area contributed by atoms with Crippen molar-refractivity contribution in [3.8, 4) is 0 Å². The van der Waals surface area contributed by atoms with E-state index >= 15 is 0 Å². The Labute approximate surface area is 231 Å². The number of rotatable bonds is 7. The number of allylic oxidation sites excluding steroid dienone is 1. The SMILES string of the molecule is CC(C)CCC[C@@H](C)[C@H]1CC[C@H]2[C@@H]3CC=C4CC(OC(=O)c5ccc(Cl)cc5)CC[C@]4(C)[C@H]3CC[C@]12C. The summed E-state index contributed by atoms with van der Waals surface area (Å²) in [6, 6.07) is 7.05. The van der Waals surface area contributed by atoms with E-state index in [-0.39, 0.29) is 17.5 Å². The molecular formula is C34H49ClO2. The molecule has 4 aliphatic rings. The van der Waals surface area contributed by atoms with Gasteiger partial charge in [0.05, 0.1) is 5.56 Å². The predicted octanol–water partition coefficient (Wildman–Crippen LogP) is 9.91. The Balaban J connectivity index is 1.25. The van der Waals surface area contributed by atoms with E-state index in [2.05, 4.69) is 40.7 Å². The first-order valence-electron chi connectivity index (χ1n) is 15.3. The van der Waals surface area contributed by atoms with E-state index in [9.17, 15) is 4.79 Å². The number of carbonyl (C=O) groups is 1. The fourth-order valence-electron chi connectivity index (χ4n) is 9.56. The van der Waals surface area contributed by atoms with Crippen molar-refractivity contribution in [2.45, 2.75) is 111 Å². The van der Waals surface area contributed by atoms with Crippen LogP contribution >= 0.6 is 11.6 Å². The third-order valence-corrected chi connectivity index (χ3v) is 11.9. The van der Waals surface area contributed by atoms with Crippen LogP contribution in [0.2, 0.25) is 5.02 Å². The highest BCUT2D eigenvalue weighted by atomic mass is 35.5. The molecule has 204 valence electrons. The van der Waals surface area contributed by atoms with Crippen molar-refractivity contribution in [2.75, 3.05) is 0 Å². The standard InChI is InChI=1S/C34H49ClO2/c1-22(2)7-6-8-23(3)29-15-16-30-28-14-11-25-21-27(37-32(36)24-9-12-26(35)13-10-24)17-19-33(25,4)31(28)18-20-34(29,30)5/h9-13,22-23,27-31H,6-8,14-21H2,1-5H3/t23-,27?,28+,29-,30+,31+,33+,34-/m1/s1. The van der Waals surface area contributed by atoms with E-state index in [1.54, 1.807) is 29.8 Å². The molecule has 3 saturated carbocycles. The zero-order valence-electron chi connectivity index (χ0n) is 23.9. The predicted molar refractivity (Wildman–Crippen MR) is 154 cm³/mol. The molecule has 4 aliphatic carbocycles. The molecule has 2 nitrogen and oxygen atoms in total. The van der Waals surface area contributed by atoms with E-state index in [0.717, 1.165) is 54.8 Å². The fourth-order valence-corrected chi connectivity index (χ4v) is 9.68. The van der Waals surface area contributed by atoms with Crippen molar-refractivity contribution in [1.82, 2.24) is 0 Å². The summed E-state index contributed by atoms with van der Waals surface area (Å²) in [4.78, 5) is 12.8. The second-order valence-electron chi connectivity index (χ2n) is 14.1. The summed E-state index contributed by atoms with van der Waals surface area (Å²) in [5.74, 6) is 4.91. The van der Waals surface area contributed by atoms with Gasteiger partial charge >= 0.3 is 5.97 Å². The molecule has 0 heterocycles. The van der Waals surface area contributed by atoms with Gasteiger partial charge in [-0.15, -0.1) is 0 Å². The normalized spacial score (nSPS) is 37.8. The van der Waals surface area contributed by atoms with Crippen molar-refractivity contribution in [2.24, 2.45) is 46.3 Å². The molecule has 0 spiro atoms. The van der Waals surface area contributed by atoms with Crippen LogP contribution in [0.4, 0.5) is 0 Å². The zero-order valence-corrected chi connectivity index (χ0v) is 24.7. The Hall–Kier alpha value is -1.28. The third kappa shape index (κ3) is 5.18. The first-order chi connectivity index (χ1) is 17.6. The quantitative estimate of drug-likeness (QED) is 0.262. The summed E-state index contributed by atoms with van der Waals surface area (Å²) in [5, 5.41) is 0.643. The van der Waals surface area contributed by atoms with Crippen LogP contribution < -0.4 is 0 Å². The molecule has 0 saturated heterocycles. The molecular weight excluding hydrogens is 476 g/mol. The molecule has 1 unspecified atom stereocenters. The van der Waals surface area contributed by atoms with Crippen LogP contribution in [-0.4, -0.2) is 12.1 Å². The minimum absolute atomic E-state index is 0.00420. The lowest BCUT2D eigenvalue weighted by molar-refractivity contribution is -0.0594. The number of hydrogen-bond donors (Lipinski definition) is 0.